The normalized spacial score (nSPS) is 38.3. The van der Waals surface area contributed by atoms with E-state index >= 15 is 0 Å². The van der Waals surface area contributed by atoms with Crippen LogP contribution in [0.2, 0.25) is 0 Å². The molecule has 8 unspecified atom stereocenters. The summed E-state index contributed by atoms with van der Waals surface area (Å²) in [7, 11) is 4.53. The number of rotatable bonds is 3. The van der Waals surface area contributed by atoms with E-state index in [0.717, 1.165) is 24.8 Å². The lowest BCUT2D eigenvalue weighted by molar-refractivity contribution is -0.153. The number of ketones is 1. The number of carbonyl (C=O) groups is 2. The molecule has 0 amide bonds. The summed E-state index contributed by atoms with van der Waals surface area (Å²) >= 11 is 0. The van der Waals surface area contributed by atoms with Crippen LogP contribution in [0.3, 0.4) is 0 Å². The first-order valence-electron chi connectivity index (χ1n) is 11.3. The smallest absolute Gasteiger partial charge is 0.309 e. The molecule has 178 valence electrons. The largest absolute Gasteiger partial charge is 0.458 e. The lowest BCUT2D eigenvalue weighted by atomic mass is 9.73. The summed E-state index contributed by atoms with van der Waals surface area (Å²) in [6.07, 6.45) is 4.72. The van der Waals surface area contributed by atoms with Crippen LogP contribution in [0.25, 0.3) is 0 Å². The highest BCUT2D eigenvalue weighted by molar-refractivity contribution is 7.10. The van der Waals surface area contributed by atoms with Crippen molar-refractivity contribution in [1.29, 1.82) is 0 Å². The van der Waals surface area contributed by atoms with Crippen molar-refractivity contribution >= 4 is 30.7 Å². The first kappa shape index (κ1) is 26.9. The quantitative estimate of drug-likeness (QED) is 0.253. The highest BCUT2D eigenvalue weighted by Crippen LogP contribution is 2.38. The van der Waals surface area contributed by atoms with Gasteiger partial charge in [0.25, 0.3) is 0 Å². The van der Waals surface area contributed by atoms with Gasteiger partial charge in [-0.25, -0.2) is 0 Å². The number of hydrogen-bond acceptors (Lipinski definition) is 6. The molecule has 8 heteroatoms. The molecule has 2 aliphatic rings. The fraction of sp³-hybridized carbons (Fsp3) is 0.826. The third-order valence-electron chi connectivity index (χ3n) is 7.10. The van der Waals surface area contributed by atoms with E-state index in [1.807, 2.05) is 40.7 Å². The molecule has 2 aliphatic heterocycles. The molecule has 2 saturated heterocycles. The van der Waals surface area contributed by atoms with Gasteiger partial charge in [0.1, 0.15) is 11.9 Å². The van der Waals surface area contributed by atoms with Gasteiger partial charge < -0.3 is 18.5 Å². The van der Waals surface area contributed by atoms with E-state index in [4.69, 9.17) is 18.5 Å². The molecular formula is C23H40O6P2. The van der Waals surface area contributed by atoms with E-state index in [0.29, 0.717) is 6.42 Å². The van der Waals surface area contributed by atoms with Crippen molar-refractivity contribution in [3.63, 3.8) is 0 Å². The minimum Gasteiger partial charge on any atom is -0.458 e. The fourth-order valence-corrected chi connectivity index (χ4v) is 5.58. The van der Waals surface area contributed by atoms with Gasteiger partial charge in [-0.2, -0.15) is 0 Å². The molecule has 0 saturated carbocycles. The number of Topliss-reactive ketones (excluding diaryl/α,β-unsaturated/α-hetero) is 1. The lowest BCUT2D eigenvalue weighted by Crippen LogP contribution is -2.46. The molecule has 0 radical (unpaired) electrons. The maximum Gasteiger partial charge on any atom is 0.309 e. The Bertz CT molecular complexity index is 664. The molecule has 6 nitrogen and oxygen atoms in total. The van der Waals surface area contributed by atoms with Gasteiger partial charge >= 0.3 is 5.97 Å². The SMILES string of the molecule is C/C=C(\C)C1CC2OC2CCCC(C)C(OP)[C@@H](C)C(=O)C(C)(C)C(OP)CC(=O)O1. The van der Waals surface area contributed by atoms with Gasteiger partial charge in [0, 0.05) is 31.3 Å². The second-order valence-corrected chi connectivity index (χ2v) is 10.2. The summed E-state index contributed by atoms with van der Waals surface area (Å²) in [5, 5.41) is 0. The summed E-state index contributed by atoms with van der Waals surface area (Å²) in [4.78, 5) is 26.3. The topological polar surface area (TPSA) is 74.4 Å². The van der Waals surface area contributed by atoms with Gasteiger partial charge in [-0.3, -0.25) is 9.59 Å². The molecule has 31 heavy (non-hydrogen) atoms. The van der Waals surface area contributed by atoms with Crippen LogP contribution in [0.4, 0.5) is 0 Å². The van der Waals surface area contributed by atoms with E-state index < -0.39 is 11.5 Å². The second-order valence-electron chi connectivity index (χ2n) is 9.67. The van der Waals surface area contributed by atoms with Gasteiger partial charge in [0.15, 0.2) is 0 Å². The van der Waals surface area contributed by atoms with Crippen molar-refractivity contribution in [2.24, 2.45) is 17.3 Å². The number of fused-ring (bicyclic) bond motifs is 1. The maximum absolute atomic E-state index is 13.5. The molecule has 0 aromatic rings. The monoisotopic (exact) mass is 474 g/mol. The summed E-state index contributed by atoms with van der Waals surface area (Å²) in [5.74, 6) is -0.470. The van der Waals surface area contributed by atoms with Gasteiger partial charge in [-0.15, -0.1) is 0 Å². The second kappa shape index (κ2) is 11.7. The number of epoxide rings is 1. The number of hydrogen-bond donors (Lipinski definition) is 0. The fourth-order valence-electron chi connectivity index (χ4n) is 4.64. The van der Waals surface area contributed by atoms with Crippen LogP contribution in [0.5, 0.6) is 0 Å². The number of cyclic esters (lactones) is 1. The average Bonchev–Trinajstić information content (AvgIpc) is 3.47. The Hall–Kier alpha value is -0.380. The average molecular weight is 475 g/mol. The van der Waals surface area contributed by atoms with Crippen molar-refractivity contribution < 1.29 is 28.1 Å². The van der Waals surface area contributed by atoms with Crippen LogP contribution < -0.4 is 0 Å². The Labute approximate surface area is 192 Å². The van der Waals surface area contributed by atoms with Crippen molar-refractivity contribution in [2.45, 2.75) is 104 Å². The molecule has 2 fully saturated rings. The zero-order chi connectivity index (χ0) is 23.3. The molecular weight excluding hydrogens is 434 g/mol. The Kier molecular flexibility index (Phi) is 10.1. The van der Waals surface area contributed by atoms with E-state index in [1.54, 1.807) is 0 Å². The highest BCUT2D eigenvalue weighted by atomic mass is 31.0. The van der Waals surface area contributed by atoms with Crippen LogP contribution in [0.15, 0.2) is 11.6 Å². The minimum absolute atomic E-state index is 0.000636. The molecule has 0 bridgehead atoms. The van der Waals surface area contributed by atoms with Crippen LogP contribution >= 0.6 is 18.9 Å². The summed E-state index contributed by atoms with van der Waals surface area (Å²) in [6, 6.07) is 0. The predicted molar refractivity (Wildman–Crippen MR) is 127 cm³/mol. The summed E-state index contributed by atoms with van der Waals surface area (Å²) in [6.45, 7) is 11.6. The summed E-state index contributed by atoms with van der Waals surface area (Å²) < 4.78 is 22.9. The molecule has 2 rings (SSSR count). The molecule has 0 spiro atoms. The molecule has 0 aliphatic carbocycles. The van der Waals surface area contributed by atoms with Crippen LogP contribution in [0.1, 0.15) is 73.6 Å². The van der Waals surface area contributed by atoms with E-state index in [-0.39, 0.29) is 54.4 Å². The Morgan fingerprint density at radius 1 is 1.13 bits per heavy atom. The number of esters is 1. The predicted octanol–water partition coefficient (Wildman–Crippen LogP) is 4.81. The lowest BCUT2D eigenvalue weighted by Gasteiger charge is -2.37. The molecule has 0 aromatic carbocycles. The molecule has 0 N–H and O–H groups in total. The number of allylic oxidation sites excluding steroid dienone is 1. The van der Waals surface area contributed by atoms with E-state index in [1.165, 1.54) is 0 Å². The van der Waals surface area contributed by atoms with Crippen molar-refractivity contribution in [3.8, 4) is 0 Å². The van der Waals surface area contributed by atoms with Crippen molar-refractivity contribution in [3.05, 3.63) is 11.6 Å². The van der Waals surface area contributed by atoms with Crippen molar-refractivity contribution in [1.82, 2.24) is 0 Å². The Morgan fingerprint density at radius 3 is 2.39 bits per heavy atom. The first-order valence-corrected chi connectivity index (χ1v) is 12.2. The Morgan fingerprint density at radius 2 is 1.81 bits per heavy atom. The highest BCUT2D eigenvalue weighted by Gasteiger charge is 2.45. The number of carbonyl (C=O) groups excluding carboxylic acids is 2. The molecule has 2 heterocycles. The zero-order valence-electron chi connectivity index (χ0n) is 19.8. The standard InChI is InChI=1S/C23H40O6P2/c1-7-13(2)17-11-18-16(26-18)10-8-9-14(3)21(29-31)15(4)22(25)23(5,6)19(28-30)12-20(24)27-17/h7,14-19,21H,8-12,30-31H2,1-6H3/b13-7+/t14?,15-,16?,17?,18?,19?,21?/m1/s1. The Balaban J connectivity index is 2.29. The molecule has 0 aromatic heterocycles. The van der Waals surface area contributed by atoms with E-state index in [9.17, 15) is 9.59 Å². The third kappa shape index (κ3) is 6.81. The van der Waals surface area contributed by atoms with Gasteiger partial charge in [0.05, 0.1) is 36.3 Å². The zero-order valence-corrected chi connectivity index (χ0v) is 22.1. The van der Waals surface area contributed by atoms with Gasteiger partial charge in [0.2, 0.25) is 0 Å². The van der Waals surface area contributed by atoms with Crippen LogP contribution in [0, 0.1) is 17.3 Å². The van der Waals surface area contributed by atoms with Gasteiger partial charge in [-0.1, -0.05) is 40.2 Å². The van der Waals surface area contributed by atoms with Gasteiger partial charge in [-0.05, 0) is 38.2 Å². The maximum atomic E-state index is 13.5. The first-order chi connectivity index (χ1) is 14.6. The minimum atomic E-state index is -0.881. The van der Waals surface area contributed by atoms with E-state index in [2.05, 4.69) is 25.9 Å². The van der Waals surface area contributed by atoms with Crippen molar-refractivity contribution in [2.75, 3.05) is 0 Å². The number of ether oxygens (including phenoxy) is 2. The third-order valence-corrected chi connectivity index (χ3v) is 7.74. The molecule has 9 atom stereocenters. The van der Waals surface area contributed by atoms with Crippen LogP contribution in [-0.4, -0.2) is 42.3 Å². The van der Waals surface area contributed by atoms with Crippen LogP contribution in [-0.2, 0) is 28.1 Å². The summed E-state index contributed by atoms with van der Waals surface area (Å²) in [5.41, 5.74) is 0.124.